The van der Waals surface area contributed by atoms with E-state index in [1.165, 1.54) is 0 Å². The first-order chi connectivity index (χ1) is 6.54. The smallest absolute Gasteiger partial charge is 0.872 e. The maximum absolute atomic E-state index is 11.6. The summed E-state index contributed by atoms with van der Waals surface area (Å²) in [4.78, 5) is 0. The molecule has 1 nitrogen and oxygen atoms in total. The van der Waals surface area contributed by atoms with Gasteiger partial charge in [0.05, 0.1) is 0 Å². The summed E-state index contributed by atoms with van der Waals surface area (Å²) in [6, 6.07) is 0. The number of rotatable bonds is 3. The van der Waals surface area contributed by atoms with Crippen molar-refractivity contribution in [1.82, 2.24) is 0 Å². The van der Waals surface area contributed by atoms with Gasteiger partial charge in [0.1, 0.15) is 0 Å². The summed E-state index contributed by atoms with van der Waals surface area (Å²) >= 11 is 0. The zero-order valence-electron chi connectivity index (χ0n) is 11.8. The summed E-state index contributed by atoms with van der Waals surface area (Å²) in [5.74, 6) is 0.592. The van der Waals surface area contributed by atoms with Crippen molar-refractivity contribution < 1.29 is 56.5 Å². The fraction of sp³-hybridized carbons (Fsp3) is 0.692. The standard InChI is InChI=1S/C11H20O.C2H6.K/c1-6-10(7-2)11(12)9(5)8(3)4;1-2;/h6,8,12H,7H2,1-5H3;1-2H3;/q;;+1/p-1/b10-6-,11-9+;;. The second kappa shape index (κ2) is 13.0. The predicted molar refractivity (Wildman–Crippen MR) is 62.9 cm³/mol. The van der Waals surface area contributed by atoms with E-state index in [0.29, 0.717) is 5.92 Å². The van der Waals surface area contributed by atoms with Gasteiger partial charge < -0.3 is 5.11 Å². The zero-order valence-corrected chi connectivity index (χ0v) is 14.9. The third kappa shape index (κ3) is 8.70. The van der Waals surface area contributed by atoms with Gasteiger partial charge in [-0.05, 0) is 26.2 Å². The summed E-state index contributed by atoms with van der Waals surface area (Å²) in [5.41, 5.74) is 1.89. The van der Waals surface area contributed by atoms with E-state index < -0.39 is 0 Å². The Labute approximate surface area is 138 Å². The third-order valence-electron chi connectivity index (χ3n) is 2.25. The van der Waals surface area contributed by atoms with Crippen LogP contribution in [-0.2, 0) is 0 Å². The van der Waals surface area contributed by atoms with E-state index in [1.54, 1.807) is 0 Å². The summed E-state index contributed by atoms with van der Waals surface area (Å²) in [5, 5.41) is 11.6. The molecule has 0 aliphatic carbocycles. The Morgan fingerprint density at radius 2 is 1.67 bits per heavy atom. The molecule has 0 aromatic carbocycles. The Bertz CT molecular complexity index is 203. The van der Waals surface area contributed by atoms with Crippen molar-refractivity contribution in [3.05, 3.63) is 23.0 Å². The van der Waals surface area contributed by atoms with Crippen LogP contribution in [0.3, 0.4) is 0 Å². The van der Waals surface area contributed by atoms with E-state index >= 15 is 0 Å². The molecule has 0 spiro atoms. The van der Waals surface area contributed by atoms with E-state index in [9.17, 15) is 5.11 Å². The van der Waals surface area contributed by atoms with Gasteiger partial charge in [-0.2, -0.15) is 0 Å². The van der Waals surface area contributed by atoms with Crippen LogP contribution in [0.15, 0.2) is 23.0 Å². The van der Waals surface area contributed by atoms with E-state index in [4.69, 9.17) is 0 Å². The van der Waals surface area contributed by atoms with Crippen LogP contribution in [0.4, 0.5) is 0 Å². The summed E-state index contributed by atoms with van der Waals surface area (Å²) in [6.07, 6.45) is 2.74. The summed E-state index contributed by atoms with van der Waals surface area (Å²) in [6.45, 7) is 14.0. The molecule has 0 saturated heterocycles. The van der Waals surface area contributed by atoms with Crippen LogP contribution < -0.4 is 56.5 Å². The quantitative estimate of drug-likeness (QED) is 0.401. The van der Waals surface area contributed by atoms with Crippen LogP contribution in [0, 0.1) is 5.92 Å². The Balaban J connectivity index is -0.000000449. The minimum atomic E-state index is 0. The minimum Gasteiger partial charge on any atom is -0.872 e. The second-order valence-corrected chi connectivity index (χ2v) is 3.33. The van der Waals surface area contributed by atoms with Gasteiger partial charge in [-0.15, -0.1) is 5.76 Å². The first-order valence-corrected chi connectivity index (χ1v) is 5.57. The largest absolute Gasteiger partial charge is 1.00 e. The fourth-order valence-electron chi connectivity index (χ4n) is 1.01. The molecule has 0 saturated carbocycles. The summed E-state index contributed by atoms with van der Waals surface area (Å²) < 4.78 is 0. The molecule has 0 N–H and O–H groups in total. The van der Waals surface area contributed by atoms with E-state index in [1.807, 2.05) is 40.7 Å². The van der Waals surface area contributed by atoms with E-state index in [0.717, 1.165) is 17.6 Å². The van der Waals surface area contributed by atoms with Gasteiger partial charge in [0, 0.05) is 0 Å². The monoisotopic (exact) mass is 236 g/mol. The molecule has 0 atom stereocenters. The van der Waals surface area contributed by atoms with Crippen molar-refractivity contribution in [3.63, 3.8) is 0 Å². The molecule has 84 valence electrons. The topological polar surface area (TPSA) is 23.1 Å². The first-order valence-electron chi connectivity index (χ1n) is 5.57. The normalized spacial score (nSPS) is 12.4. The van der Waals surface area contributed by atoms with Gasteiger partial charge >= 0.3 is 51.4 Å². The van der Waals surface area contributed by atoms with Crippen LogP contribution >= 0.6 is 0 Å². The van der Waals surface area contributed by atoms with Crippen molar-refractivity contribution in [2.45, 2.75) is 54.9 Å². The molecular weight excluding hydrogens is 211 g/mol. The Hall–Kier alpha value is 0.916. The van der Waals surface area contributed by atoms with E-state index in [2.05, 4.69) is 13.8 Å². The van der Waals surface area contributed by atoms with E-state index in [-0.39, 0.29) is 57.1 Å². The Morgan fingerprint density at radius 1 is 1.27 bits per heavy atom. The molecule has 2 heteroatoms. The number of hydrogen-bond acceptors (Lipinski definition) is 1. The molecule has 0 rings (SSSR count). The van der Waals surface area contributed by atoms with Crippen molar-refractivity contribution in [1.29, 1.82) is 0 Å². The maximum atomic E-state index is 11.6. The first kappa shape index (κ1) is 21.2. The predicted octanol–water partition coefficient (Wildman–Crippen LogP) is 0.663. The molecule has 0 radical (unpaired) electrons. The minimum absolute atomic E-state index is 0. The molecule has 0 heterocycles. The van der Waals surface area contributed by atoms with Gasteiger partial charge in [-0.3, -0.25) is 0 Å². The van der Waals surface area contributed by atoms with Crippen molar-refractivity contribution >= 4 is 0 Å². The molecule has 0 bridgehead atoms. The molecular formula is C13H25KO. The number of hydrogen-bond donors (Lipinski definition) is 0. The molecule has 0 fully saturated rings. The molecule has 15 heavy (non-hydrogen) atoms. The van der Waals surface area contributed by atoms with Crippen LogP contribution in [0.1, 0.15) is 54.9 Å². The maximum Gasteiger partial charge on any atom is 1.00 e. The van der Waals surface area contributed by atoms with Crippen LogP contribution in [0.2, 0.25) is 0 Å². The average molecular weight is 236 g/mol. The van der Waals surface area contributed by atoms with Crippen molar-refractivity contribution in [2.24, 2.45) is 5.92 Å². The molecule has 0 unspecified atom stereocenters. The van der Waals surface area contributed by atoms with Gasteiger partial charge in [-0.1, -0.05) is 51.8 Å². The molecule has 0 aliphatic heterocycles. The van der Waals surface area contributed by atoms with Crippen molar-refractivity contribution in [2.75, 3.05) is 0 Å². The molecule has 0 aromatic rings. The van der Waals surface area contributed by atoms with Crippen LogP contribution in [0.25, 0.3) is 0 Å². The fourth-order valence-corrected chi connectivity index (χ4v) is 1.01. The number of allylic oxidation sites excluding steroid dienone is 3. The SMILES string of the molecule is C/C=C(CC)\C([O-])=C(\C)C(C)C.CC.[K+]. The van der Waals surface area contributed by atoms with Crippen molar-refractivity contribution in [3.8, 4) is 0 Å². The van der Waals surface area contributed by atoms with Gasteiger partial charge in [-0.25, -0.2) is 0 Å². The third-order valence-corrected chi connectivity index (χ3v) is 2.25. The second-order valence-electron chi connectivity index (χ2n) is 3.33. The molecule has 0 aliphatic rings. The molecule has 0 amide bonds. The summed E-state index contributed by atoms with van der Waals surface area (Å²) in [7, 11) is 0. The Kier molecular flexibility index (Phi) is 18.4. The Morgan fingerprint density at radius 3 is 1.87 bits per heavy atom. The molecule has 0 aromatic heterocycles. The average Bonchev–Trinajstić information content (AvgIpc) is 2.21. The zero-order chi connectivity index (χ0) is 11.7. The van der Waals surface area contributed by atoms with Crippen LogP contribution in [0.5, 0.6) is 0 Å². The van der Waals surface area contributed by atoms with Gasteiger partial charge in [0.25, 0.3) is 0 Å². The van der Waals surface area contributed by atoms with Gasteiger partial charge in [0.2, 0.25) is 0 Å². The van der Waals surface area contributed by atoms with Gasteiger partial charge in [0.15, 0.2) is 0 Å². The van der Waals surface area contributed by atoms with Crippen LogP contribution in [-0.4, -0.2) is 0 Å².